The Balaban J connectivity index is 2.28. The van der Waals surface area contributed by atoms with Gasteiger partial charge in [-0.25, -0.2) is 13.2 Å². The molecule has 8 heteroatoms. The Hall–Kier alpha value is -0.960. The lowest BCUT2D eigenvalue weighted by atomic mass is 9.85. The topological polar surface area (TPSA) is 94.9 Å². The van der Waals surface area contributed by atoms with Crippen LogP contribution in [0.3, 0.4) is 0 Å². The number of benzene rings is 1. The van der Waals surface area contributed by atoms with Crippen LogP contribution in [0.25, 0.3) is 0 Å². The van der Waals surface area contributed by atoms with Crippen LogP contribution in [0.5, 0.6) is 0 Å². The third-order valence-electron chi connectivity index (χ3n) is 3.77. The molecule has 1 saturated heterocycles. The number of hydrogen-bond donors (Lipinski definition) is 2. The second-order valence-electron chi connectivity index (χ2n) is 5.48. The predicted octanol–water partition coefficient (Wildman–Crippen LogP) is 1.54. The molecule has 116 valence electrons. The fourth-order valence-corrected chi connectivity index (χ4v) is 4.68. The molecular formula is C13H16BrNO5S. The Bertz CT molecular complexity index is 680. The molecule has 1 aromatic carbocycles. The van der Waals surface area contributed by atoms with E-state index in [4.69, 9.17) is 5.11 Å². The van der Waals surface area contributed by atoms with Gasteiger partial charge in [0.05, 0.1) is 16.1 Å². The van der Waals surface area contributed by atoms with Crippen molar-refractivity contribution in [2.24, 2.45) is 5.92 Å². The van der Waals surface area contributed by atoms with Crippen molar-refractivity contribution in [2.45, 2.75) is 24.3 Å². The number of carboxylic acids is 1. The van der Waals surface area contributed by atoms with E-state index in [9.17, 15) is 18.3 Å². The molecule has 0 atom stereocenters. The van der Waals surface area contributed by atoms with E-state index < -0.39 is 21.6 Å². The Kier molecular flexibility index (Phi) is 4.18. The number of halogens is 1. The molecule has 2 rings (SSSR count). The standard InChI is InChI=1S/C13H16BrNO5S/c1-8(2)13(18)6-15(7-13)21(19,20)11-4-3-9(12(16)17)5-10(11)14/h3-5,8,18H,6-7H2,1-2H3,(H,16,17). The first-order chi connectivity index (χ1) is 9.58. The lowest BCUT2D eigenvalue weighted by Gasteiger charge is -2.47. The summed E-state index contributed by atoms with van der Waals surface area (Å²) in [5.41, 5.74) is -0.997. The highest BCUT2D eigenvalue weighted by atomic mass is 79.9. The number of nitrogens with zero attached hydrogens (tertiary/aromatic N) is 1. The fourth-order valence-electron chi connectivity index (χ4n) is 2.08. The molecule has 1 fully saturated rings. The first-order valence-corrected chi connectivity index (χ1v) is 8.56. The third kappa shape index (κ3) is 2.85. The molecule has 1 heterocycles. The number of rotatable bonds is 4. The highest BCUT2D eigenvalue weighted by Gasteiger charge is 2.49. The van der Waals surface area contributed by atoms with E-state index in [0.29, 0.717) is 0 Å². The molecule has 0 amide bonds. The minimum absolute atomic E-state index is 0.00157. The Labute approximate surface area is 131 Å². The van der Waals surface area contributed by atoms with Gasteiger partial charge in [-0.1, -0.05) is 13.8 Å². The Morgan fingerprint density at radius 3 is 2.38 bits per heavy atom. The summed E-state index contributed by atoms with van der Waals surface area (Å²) >= 11 is 3.10. The van der Waals surface area contributed by atoms with Gasteiger partial charge in [-0.2, -0.15) is 4.31 Å². The summed E-state index contributed by atoms with van der Waals surface area (Å²) in [6, 6.07) is 3.76. The number of β-amino-alcohol motifs (C(OH)–C–C–N with tert-alkyl or cyclic N) is 1. The van der Waals surface area contributed by atoms with Crippen LogP contribution in [0.2, 0.25) is 0 Å². The van der Waals surface area contributed by atoms with Crippen LogP contribution in [0, 0.1) is 5.92 Å². The van der Waals surface area contributed by atoms with Crippen LogP contribution in [0.4, 0.5) is 0 Å². The largest absolute Gasteiger partial charge is 0.478 e. The van der Waals surface area contributed by atoms with Crippen molar-refractivity contribution < 1.29 is 23.4 Å². The predicted molar refractivity (Wildman–Crippen MR) is 79.6 cm³/mol. The monoisotopic (exact) mass is 377 g/mol. The maximum atomic E-state index is 12.5. The molecule has 0 saturated carbocycles. The van der Waals surface area contributed by atoms with E-state index in [1.54, 1.807) is 0 Å². The first kappa shape index (κ1) is 16.4. The smallest absolute Gasteiger partial charge is 0.335 e. The Morgan fingerprint density at radius 2 is 1.95 bits per heavy atom. The van der Waals surface area contributed by atoms with E-state index in [0.717, 1.165) is 0 Å². The maximum Gasteiger partial charge on any atom is 0.335 e. The van der Waals surface area contributed by atoms with E-state index in [-0.39, 0.29) is 33.9 Å². The van der Waals surface area contributed by atoms with Crippen LogP contribution in [0.15, 0.2) is 27.6 Å². The Morgan fingerprint density at radius 1 is 1.38 bits per heavy atom. The van der Waals surface area contributed by atoms with Crippen LogP contribution < -0.4 is 0 Å². The molecule has 0 unspecified atom stereocenters. The molecule has 1 aromatic rings. The summed E-state index contributed by atoms with van der Waals surface area (Å²) < 4.78 is 26.3. The maximum absolute atomic E-state index is 12.5. The van der Waals surface area contributed by atoms with Gasteiger partial charge in [0.2, 0.25) is 10.0 Å². The molecule has 0 radical (unpaired) electrons. The van der Waals surface area contributed by atoms with Crippen LogP contribution in [-0.4, -0.2) is 47.6 Å². The molecule has 1 aliphatic rings. The molecule has 0 aromatic heterocycles. The summed E-state index contributed by atoms with van der Waals surface area (Å²) in [6.45, 7) is 3.75. The quantitative estimate of drug-likeness (QED) is 0.829. The van der Waals surface area contributed by atoms with Crippen LogP contribution in [0.1, 0.15) is 24.2 Å². The highest BCUT2D eigenvalue weighted by Crippen LogP contribution is 2.35. The minimum atomic E-state index is -3.75. The van der Waals surface area contributed by atoms with Crippen LogP contribution >= 0.6 is 15.9 Å². The average molecular weight is 378 g/mol. The molecule has 0 spiro atoms. The zero-order valence-electron chi connectivity index (χ0n) is 11.6. The van der Waals surface area contributed by atoms with Gasteiger partial charge < -0.3 is 10.2 Å². The fraction of sp³-hybridized carbons (Fsp3) is 0.462. The SMILES string of the molecule is CC(C)C1(O)CN(S(=O)(=O)c2ccc(C(=O)O)cc2Br)C1. The third-order valence-corrected chi connectivity index (χ3v) is 6.54. The number of sulfonamides is 1. The summed E-state index contributed by atoms with van der Waals surface area (Å²) in [5.74, 6) is -1.17. The number of aromatic carboxylic acids is 1. The lowest BCUT2D eigenvalue weighted by molar-refractivity contribution is -0.0932. The molecule has 2 N–H and O–H groups in total. The molecular weight excluding hydrogens is 362 g/mol. The number of hydrogen-bond acceptors (Lipinski definition) is 4. The van der Waals surface area contributed by atoms with E-state index in [2.05, 4.69) is 15.9 Å². The average Bonchev–Trinajstić information content (AvgIpc) is 2.33. The molecule has 1 aliphatic heterocycles. The number of carbonyl (C=O) groups is 1. The van der Waals surface area contributed by atoms with E-state index >= 15 is 0 Å². The van der Waals surface area contributed by atoms with E-state index in [1.165, 1.54) is 22.5 Å². The lowest BCUT2D eigenvalue weighted by Crippen LogP contribution is -2.65. The summed E-state index contributed by atoms with van der Waals surface area (Å²) in [7, 11) is -3.75. The van der Waals surface area contributed by atoms with Crippen molar-refractivity contribution in [1.82, 2.24) is 4.31 Å². The highest BCUT2D eigenvalue weighted by molar-refractivity contribution is 9.10. The van der Waals surface area contributed by atoms with Crippen molar-refractivity contribution in [3.05, 3.63) is 28.2 Å². The molecule has 21 heavy (non-hydrogen) atoms. The second-order valence-corrected chi connectivity index (χ2v) is 8.24. The summed E-state index contributed by atoms with van der Waals surface area (Å²) in [5, 5.41) is 19.0. The first-order valence-electron chi connectivity index (χ1n) is 6.33. The van der Waals surface area contributed by atoms with Crippen molar-refractivity contribution in [1.29, 1.82) is 0 Å². The van der Waals surface area contributed by atoms with Crippen molar-refractivity contribution in [3.63, 3.8) is 0 Å². The van der Waals surface area contributed by atoms with Crippen molar-refractivity contribution in [3.8, 4) is 0 Å². The zero-order valence-corrected chi connectivity index (χ0v) is 14.0. The molecule has 0 bridgehead atoms. The van der Waals surface area contributed by atoms with Crippen LogP contribution in [-0.2, 0) is 10.0 Å². The minimum Gasteiger partial charge on any atom is -0.478 e. The molecule has 0 aliphatic carbocycles. The number of carboxylic acid groups (broad SMARTS) is 1. The normalized spacial score (nSPS) is 18.5. The van der Waals surface area contributed by atoms with Gasteiger partial charge in [-0.3, -0.25) is 0 Å². The summed E-state index contributed by atoms with van der Waals surface area (Å²) in [6.07, 6.45) is 0. The van der Waals surface area contributed by atoms with Gasteiger partial charge >= 0.3 is 5.97 Å². The van der Waals surface area contributed by atoms with E-state index in [1.807, 2.05) is 13.8 Å². The number of aliphatic hydroxyl groups is 1. The van der Waals surface area contributed by atoms with Gasteiger partial charge in [0.1, 0.15) is 0 Å². The van der Waals surface area contributed by atoms with Gasteiger partial charge in [0.25, 0.3) is 0 Å². The second kappa shape index (κ2) is 5.35. The van der Waals surface area contributed by atoms with Gasteiger partial charge in [-0.15, -0.1) is 0 Å². The van der Waals surface area contributed by atoms with Gasteiger partial charge in [-0.05, 0) is 40.0 Å². The summed E-state index contributed by atoms with van der Waals surface area (Å²) in [4.78, 5) is 10.9. The van der Waals surface area contributed by atoms with Crippen molar-refractivity contribution >= 4 is 31.9 Å². The molecule has 6 nitrogen and oxygen atoms in total. The zero-order chi connectivity index (χ0) is 16.0. The van der Waals surface area contributed by atoms with Crippen molar-refractivity contribution in [2.75, 3.05) is 13.1 Å². The van der Waals surface area contributed by atoms with Gasteiger partial charge in [0.15, 0.2) is 0 Å². The van der Waals surface area contributed by atoms with Gasteiger partial charge in [0, 0.05) is 17.6 Å².